The van der Waals surface area contributed by atoms with Crippen LogP contribution in [0.1, 0.15) is 35.5 Å². The molecule has 4 rings (SSSR count). The minimum absolute atomic E-state index is 0.121. The molecule has 168 valence electrons. The van der Waals surface area contributed by atoms with Gasteiger partial charge in [0.2, 0.25) is 5.88 Å². The summed E-state index contributed by atoms with van der Waals surface area (Å²) >= 11 is 0. The van der Waals surface area contributed by atoms with Gasteiger partial charge in [-0.1, -0.05) is 42.5 Å². The van der Waals surface area contributed by atoms with Crippen molar-refractivity contribution in [1.82, 2.24) is 14.7 Å². The maximum absolute atomic E-state index is 13.8. The third-order valence-electron chi connectivity index (χ3n) is 5.38. The lowest BCUT2D eigenvalue weighted by atomic mass is 10.1. The van der Waals surface area contributed by atoms with Crippen LogP contribution < -0.4 is 4.74 Å². The molecule has 33 heavy (non-hydrogen) atoms. The standard InChI is InChI=1S/C27H26FN3O2/c1-19(2)30(26(32)21-11-10-12-22(28)17-21)18-25-20(3)29-31(23-13-6-4-7-14-23)27(25)33-24-15-8-5-9-16-24/h4-17,19H,18H2,1-3H3. The maximum Gasteiger partial charge on any atom is 0.254 e. The number of aryl methyl sites for hydroxylation is 1. The highest BCUT2D eigenvalue weighted by Gasteiger charge is 2.26. The van der Waals surface area contributed by atoms with Gasteiger partial charge in [-0.3, -0.25) is 4.79 Å². The highest BCUT2D eigenvalue weighted by Crippen LogP contribution is 2.32. The van der Waals surface area contributed by atoms with Crippen molar-refractivity contribution < 1.29 is 13.9 Å². The van der Waals surface area contributed by atoms with E-state index in [0.717, 1.165) is 16.9 Å². The second kappa shape index (κ2) is 9.69. The number of rotatable bonds is 7. The number of carbonyl (C=O) groups is 1. The van der Waals surface area contributed by atoms with Gasteiger partial charge in [0, 0.05) is 11.6 Å². The van der Waals surface area contributed by atoms with Crippen molar-refractivity contribution in [2.45, 2.75) is 33.4 Å². The first kappa shape index (κ1) is 22.3. The van der Waals surface area contributed by atoms with Gasteiger partial charge < -0.3 is 9.64 Å². The summed E-state index contributed by atoms with van der Waals surface area (Å²) in [7, 11) is 0. The molecule has 6 heteroatoms. The van der Waals surface area contributed by atoms with Crippen LogP contribution in [0.2, 0.25) is 0 Å². The van der Waals surface area contributed by atoms with E-state index < -0.39 is 5.82 Å². The molecule has 0 saturated heterocycles. The van der Waals surface area contributed by atoms with E-state index in [1.807, 2.05) is 81.4 Å². The lowest BCUT2D eigenvalue weighted by Crippen LogP contribution is -2.36. The Bertz CT molecular complexity index is 1240. The van der Waals surface area contributed by atoms with Gasteiger partial charge in [0.05, 0.1) is 23.5 Å². The molecule has 0 aliphatic carbocycles. The van der Waals surface area contributed by atoms with Crippen LogP contribution in [0.25, 0.3) is 5.69 Å². The van der Waals surface area contributed by atoms with Crippen molar-refractivity contribution in [3.05, 3.63) is 108 Å². The van der Waals surface area contributed by atoms with E-state index in [0.29, 0.717) is 17.2 Å². The number of aromatic nitrogens is 2. The quantitative estimate of drug-likeness (QED) is 0.344. The van der Waals surface area contributed by atoms with E-state index in [2.05, 4.69) is 0 Å². The Kier molecular flexibility index (Phi) is 6.54. The number of hydrogen-bond donors (Lipinski definition) is 0. The average Bonchev–Trinajstić information content (AvgIpc) is 3.12. The first-order chi connectivity index (χ1) is 15.9. The van der Waals surface area contributed by atoms with Gasteiger partial charge in [-0.05, 0) is 63.2 Å². The number of ether oxygens (including phenoxy) is 1. The van der Waals surface area contributed by atoms with Crippen LogP contribution in [0.3, 0.4) is 0 Å². The number of amides is 1. The minimum Gasteiger partial charge on any atom is -0.439 e. The van der Waals surface area contributed by atoms with Gasteiger partial charge in [0.25, 0.3) is 5.91 Å². The van der Waals surface area contributed by atoms with Gasteiger partial charge in [0.1, 0.15) is 11.6 Å². The zero-order chi connectivity index (χ0) is 23.4. The molecule has 0 atom stereocenters. The molecule has 0 unspecified atom stereocenters. The fourth-order valence-corrected chi connectivity index (χ4v) is 3.62. The third-order valence-corrected chi connectivity index (χ3v) is 5.38. The van der Waals surface area contributed by atoms with Crippen LogP contribution in [0.5, 0.6) is 11.6 Å². The number of halogens is 1. The number of hydrogen-bond acceptors (Lipinski definition) is 3. The first-order valence-electron chi connectivity index (χ1n) is 10.9. The van der Waals surface area contributed by atoms with Gasteiger partial charge in [0.15, 0.2) is 0 Å². The Morgan fingerprint density at radius 1 is 1.00 bits per heavy atom. The van der Waals surface area contributed by atoms with Crippen molar-refractivity contribution in [3.63, 3.8) is 0 Å². The zero-order valence-corrected chi connectivity index (χ0v) is 18.9. The van der Waals surface area contributed by atoms with E-state index in [-0.39, 0.29) is 18.5 Å². The molecule has 0 N–H and O–H groups in total. The Labute approximate surface area is 193 Å². The van der Waals surface area contributed by atoms with Gasteiger partial charge in [-0.25, -0.2) is 9.07 Å². The van der Waals surface area contributed by atoms with E-state index in [1.54, 1.807) is 21.7 Å². The largest absolute Gasteiger partial charge is 0.439 e. The van der Waals surface area contributed by atoms with Gasteiger partial charge in [-0.2, -0.15) is 5.10 Å². The summed E-state index contributed by atoms with van der Waals surface area (Å²) in [5.74, 6) is 0.527. The van der Waals surface area contributed by atoms with E-state index in [4.69, 9.17) is 9.84 Å². The van der Waals surface area contributed by atoms with Crippen LogP contribution in [0.4, 0.5) is 4.39 Å². The summed E-state index contributed by atoms with van der Waals surface area (Å²) in [5.41, 5.74) is 2.70. The second-order valence-electron chi connectivity index (χ2n) is 8.07. The fraction of sp³-hybridized carbons (Fsp3) is 0.185. The molecular weight excluding hydrogens is 417 g/mol. The zero-order valence-electron chi connectivity index (χ0n) is 18.9. The molecule has 0 fully saturated rings. The van der Waals surface area contributed by atoms with Gasteiger partial charge >= 0.3 is 0 Å². The monoisotopic (exact) mass is 443 g/mol. The molecule has 5 nitrogen and oxygen atoms in total. The number of para-hydroxylation sites is 2. The first-order valence-corrected chi connectivity index (χ1v) is 10.9. The normalized spacial score (nSPS) is 10.9. The van der Waals surface area contributed by atoms with Crippen LogP contribution in [0, 0.1) is 12.7 Å². The number of carbonyl (C=O) groups excluding carboxylic acids is 1. The molecule has 0 aliphatic heterocycles. The Balaban J connectivity index is 1.77. The molecule has 1 amide bonds. The topological polar surface area (TPSA) is 47.4 Å². The van der Waals surface area contributed by atoms with Crippen LogP contribution in [-0.2, 0) is 6.54 Å². The summed E-state index contributed by atoms with van der Waals surface area (Å²) in [6.07, 6.45) is 0. The molecular formula is C27H26FN3O2. The van der Waals surface area contributed by atoms with Crippen molar-refractivity contribution >= 4 is 5.91 Å². The molecule has 0 spiro atoms. The fourth-order valence-electron chi connectivity index (χ4n) is 3.62. The second-order valence-corrected chi connectivity index (χ2v) is 8.07. The molecule has 1 heterocycles. The molecule has 0 bridgehead atoms. The molecule has 0 saturated carbocycles. The Morgan fingerprint density at radius 3 is 2.30 bits per heavy atom. The highest BCUT2D eigenvalue weighted by molar-refractivity contribution is 5.94. The van der Waals surface area contributed by atoms with Crippen LogP contribution in [0.15, 0.2) is 84.9 Å². The van der Waals surface area contributed by atoms with E-state index in [9.17, 15) is 9.18 Å². The minimum atomic E-state index is -0.439. The molecule has 1 aromatic heterocycles. The summed E-state index contributed by atoms with van der Waals surface area (Å²) in [4.78, 5) is 15.0. The Morgan fingerprint density at radius 2 is 1.67 bits per heavy atom. The van der Waals surface area contributed by atoms with Gasteiger partial charge in [-0.15, -0.1) is 0 Å². The molecule has 0 aliphatic rings. The maximum atomic E-state index is 13.8. The molecule has 3 aromatic carbocycles. The van der Waals surface area contributed by atoms with Crippen molar-refractivity contribution in [2.24, 2.45) is 0 Å². The predicted octanol–water partition coefficient (Wildman–Crippen LogP) is 6.16. The molecule has 4 aromatic rings. The van der Waals surface area contributed by atoms with Crippen LogP contribution in [-0.4, -0.2) is 26.6 Å². The smallest absolute Gasteiger partial charge is 0.254 e. The summed E-state index contributed by atoms with van der Waals surface area (Å²) < 4.78 is 21.8. The van der Waals surface area contributed by atoms with Crippen LogP contribution >= 0.6 is 0 Å². The van der Waals surface area contributed by atoms with E-state index >= 15 is 0 Å². The SMILES string of the molecule is Cc1nn(-c2ccccc2)c(Oc2ccccc2)c1CN(C(=O)c1cccc(F)c1)C(C)C. The number of nitrogens with zero attached hydrogens (tertiary/aromatic N) is 3. The number of benzene rings is 3. The predicted molar refractivity (Wildman–Crippen MR) is 126 cm³/mol. The van der Waals surface area contributed by atoms with E-state index in [1.165, 1.54) is 12.1 Å². The lowest BCUT2D eigenvalue weighted by Gasteiger charge is -2.27. The third kappa shape index (κ3) is 4.95. The van der Waals surface area contributed by atoms with Crippen molar-refractivity contribution in [2.75, 3.05) is 0 Å². The van der Waals surface area contributed by atoms with Crippen molar-refractivity contribution in [3.8, 4) is 17.3 Å². The van der Waals surface area contributed by atoms with Crippen molar-refractivity contribution in [1.29, 1.82) is 0 Å². The Hall–Kier alpha value is -3.93. The lowest BCUT2D eigenvalue weighted by molar-refractivity contribution is 0.0688. The summed E-state index contributed by atoms with van der Waals surface area (Å²) in [5, 5.41) is 4.73. The average molecular weight is 444 g/mol. The summed E-state index contributed by atoms with van der Waals surface area (Å²) in [6, 6.07) is 24.8. The molecule has 0 radical (unpaired) electrons. The summed E-state index contributed by atoms with van der Waals surface area (Å²) in [6.45, 7) is 6.05. The highest BCUT2D eigenvalue weighted by atomic mass is 19.1.